The van der Waals surface area contributed by atoms with Gasteiger partial charge in [0.15, 0.2) is 0 Å². The van der Waals surface area contributed by atoms with Crippen molar-refractivity contribution < 1.29 is 23.9 Å². The fourth-order valence-corrected chi connectivity index (χ4v) is 6.12. The number of pyridine rings is 1. The van der Waals surface area contributed by atoms with Crippen molar-refractivity contribution >= 4 is 40.2 Å². The van der Waals surface area contributed by atoms with Gasteiger partial charge in [-0.05, 0) is 51.0 Å². The van der Waals surface area contributed by atoms with E-state index in [1.807, 2.05) is 68.3 Å². The Kier molecular flexibility index (Phi) is 6.71. The predicted octanol–water partition coefficient (Wildman–Crippen LogP) is 4.80. The molecule has 3 saturated heterocycles. The molecule has 2 bridgehead atoms. The molecule has 3 aromatic rings. The quantitative estimate of drug-likeness (QED) is 0.445. The van der Waals surface area contributed by atoms with Crippen molar-refractivity contribution in [1.29, 1.82) is 0 Å². The van der Waals surface area contributed by atoms with Gasteiger partial charge >= 0.3 is 12.1 Å². The van der Waals surface area contributed by atoms with Crippen LogP contribution in [0.1, 0.15) is 39.2 Å². The zero-order chi connectivity index (χ0) is 28.9. The monoisotopic (exact) mass is 557 g/mol. The molecule has 0 aliphatic carbocycles. The molecule has 1 aromatic heterocycles. The maximum atomic E-state index is 13.7. The van der Waals surface area contributed by atoms with Crippen molar-refractivity contribution in [2.45, 2.75) is 57.8 Å². The summed E-state index contributed by atoms with van der Waals surface area (Å²) in [7, 11) is 1.60. The third-order valence-corrected chi connectivity index (χ3v) is 8.04. The minimum absolute atomic E-state index is 0.0856. The second kappa shape index (κ2) is 10.2. The number of hydrogen-bond donors (Lipinski definition) is 0. The van der Waals surface area contributed by atoms with Crippen LogP contribution < -0.4 is 14.5 Å². The Labute approximate surface area is 239 Å². The van der Waals surface area contributed by atoms with E-state index in [-0.39, 0.29) is 43.1 Å². The molecular weight excluding hydrogens is 522 g/mol. The smallest absolute Gasteiger partial charge is 0.410 e. The maximum absolute atomic E-state index is 13.7. The first-order valence-electron chi connectivity index (χ1n) is 14.0. The maximum Gasteiger partial charge on any atom is 0.410 e. The molecular formula is C31H35N5O5. The number of hydrogen-bond acceptors (Lipinski definition) is 7. The summed E-state index contributed by atoms with van der Waals surface area (Å²) in [5.41, 5.74) is 2.03. The second-order valence-electron chi connectivity index (χ2n) is 11.9. The van der Waals surface area contributed by atoms with Crippen molar-refractivity contribution in [2.75, 3.05) is 36.5 Å². The van der Waals surface area contributed by atoms with Gasteiger partial charge in [0.1, 0.15) is 11.4 Å². The number of ether oxygens (including phenoxy) is 2. The molecule has 2 atom stereocenters. The van der Waals surface area contributed by atoms with Crippen LogP contribution in [0.4, 0.5) is 21.0 Å². The molecule has 214 valence electrons. The molecule has 6 rings (SSSR count). The number of fused-ring (bicyclic) bond motifs is 3. The molecule has 0 spiro atoms. The fourth-order valence-electron chi connectivity index (χ4n) is 6.12. The van der Waals surface area contributed by atoms with Crippen molar-refractivity contribution in [1.82, 2.24) is 14.8 Å². The van der Waals surface area contributed by atoms with Crippen LogP contribution in [0.2, 0.25) is 0 Å². The lowest BCUT2D eigenvalue weighted by atomic mass is 10.1. The van der Waals surface area contributed by atoms with Crippen molar-refractivity contribution in [3.05, 3.63) is 60.4 Å². The lowest BCUT2D eigenvalue weighted by molar-refractivity contribution is -0.129. The molecule has 0 radical (unpaired) electrons. The average molecular weight is 558 g/mol. The summed E-state index contributed by atoms with van der Waals surface area (Å²) >= 11 is 0. The number of carbonyl (C=O) groups is 3. The molecule has 3 aliphatic heterocycles. The zero-order valence-corrected chi connectivity index (χ0v) is 23.9. The number of carbonyl (C=O) groups excluding carboxylic acids is 3. The summed E-state index contributed by atoms with van der Waals surface area (Å²) in [5, 5.41) is 1.84. The molecule has 0 saturated carbocycles. The highest BCUT2D eigenvalue weighted by Gasteiger charge is 2.47. The van der Waals surface area contributed by atoms with Gasteiger partial charge in [-0.2, -0.15) is 0 Å². The molecule has 4 amide bonds. The van der Waals surface area contributed by atoms with E-state index in [1.165, 1.54) is 4.90 Å². The summed E-state index contributed by atoms with van der Waals surface area (Å²) in [5.74, 6) is 0.520. The van der Waals surface area contributed by atoms with Gasteiger partial charge in [-0.25, -0.2) is 9.59 Å². The van der Waals surface area contributed by atoms with Gasteiger partial charge in [0.05, 0.1) is 31.6 Å². The number of nitrogens with zero attached hydrogens (tertiary/aromatic N) is 5. The predicted molar refractivity (Wildman–Crippen MR) is 155 cm³/mol. The Morgan fingerprint density at radius 1 is 0.976 bits per heavy atom. The number of rotatable bonds is 5. The highest BCUT2D eigenvalue weighted by Crippen LogP contribution is 2.40. The molecule has 4 heterocycles. The lowest BCUT2D eigenvalue weighted by Gasteiger charge is -2.37. The van der Waals surface area contributed by atoms with E-state index in [4.69, 9.17) is 9.47 Å². The van der Waals surface area contributed by atoms with Gasteiger partial charge in [-0.15, -0.1) is 0 Å². The van der Waals surface area contributed by atoms with E-state index in [9.17, 15) is 14.4 Å². The van der Waals surface area contributed by atoms with E-state index in [2.05, 4.69) is 16.0 Å². The average Bonchev–Trinajstić information content (AvgIpc) is 3.56. The van der Waals surface area contributed by atoms with E-state index in [1.54, 1.807) is 18.2 Å². The number of imide groups is 1. The van der Waals surface area contributed by atoms with Crippen LogP contribution >= 0.6 is 0 Å². The van der Waals surface area contributed by atoms with Crippen LogP contribution in [0, 0.1) is 0 Å². The molecule has 0 unspecified atom stereocenters. The first kappa shape index (κ1) is 26.9. The third kappa shape index (κ3) is 5.03. The van der Waals surface area contributed by atoms with Crippen LogP contribution in [0.3, 0.4) is 0 Å². The van der Waals surface area contributed by atoms with E-state index >= 15 is 0 Å². The normalized spacial score (nSPS) is 20.8. The summed E-state index contributed by atoms with van der Waals surface area (Å²) in [6.07, 6.45) is 4.39. The molecule has 41 heavy (non-hydrogen) atoms. The zero-order valence-electron chi connectivity index (χ0n) is 23.9. The van der Waals surface area contributed by atoms with Crippen LogP contribution in [0.25, 0.3) is 10.8 Å². The number of amides is 4. The number of anilines is 2. The fraction of sp³-hybridized carbons (Fsp3) is 0.419. The largest absolute Gasteiger partial charge is 0.497 e. The molecule has 2 aromatic carbocycles. The van der Waals surface area contributed by atoms with Gasteiger partial charge in [-0.3, -0.25) is 19.6 Å². The van der Waals surface area contributed by atoms with E-state index in [0.29, 0.717) is 31.1 Å². The minimum Gasteiger partial charge on any atom is -0.497 e. The van der Waals surface area contributed by atoms with Crippen LogP contribution in [-0.4, -0.2) is 77.2 Å². The third-order valence-electron chi connectivity index (χ3n) is 8.04. The van der Waals surface area contributed by atoms with Gasteiger partial charge in [0.2, 0.25) is 5.91 Å². The first-order chi connectivity index (χ1) is 19.6. The Morgan fingerprint density at radius 3 is 2.44 bits per heavy atom. The molecule has 3 aliphatic rings. The van der Waals surface area contributed by atoms with Crippen LogP contribution in [0.15, 0.2) is 54.9 Å². The summed E-state index contributed by atoms with van der Waals surface area (Å²) in [6.45, 7) is 7.44. The number of urea groups is 1. The number of likely N-dealkylation sites (tertiary alicyclic amines) is 1. The van der Waals surface area contributed by atoms with Crippen LogP contribution in [-0.2, 0) is 16.1 Å². The molecule has 10 heteroatoms. The topological polar surface area (TPSA) is 95.5 Å². The lowest BCUT2D eigenvalue weighted by Crippen LogP contribution is -2.52. The molecule has 0 N–H and O–H groups in total. The summed E-state index contributed by atoms with van der Waals surface area (Å²) in [4.78, 5) is 50.9. The van der Waals surface area contributed by atoms with E-state index in [0.717, 1.165) is 28.4 Å². The van der Waals surface area contributed by atoms with Crippen molar-refractivity contribution in [3.8, 4) is 5.75 Å². The van der Waals surface area contributed by atoms with Crippen molar-refractivity contribution in [3.63, 3.8) is 0 Å². The van der Waals surface area contributed by atoms with Gasteiger partial charge in [-0.1, -0.05) is 24.3 Å². The SMILES string of the molecule is COc1ccc(CN2C(=O)CCN(c3cncc4c(N5C[C@H]6C[C@@H]5CN6C(=O)OC(C)(C)C)cccc34)C2=O)cc1. The number of piperazine rings is 1. The Morgan fingerprint density at radius 2 is 1.76 bits per heavy atom. The van der Waals surface area contributed by atoms with Crippen LogP contribution in [0.5, 0.6) is 5.75 Å². The highest BCUT2D eigenvalue weighted by atomic mass is 16.6. The Balaban J connectivity index is 1.24. The first-order valence-corrected chi connectivity index (χ1v) is 14.0. The van der Waals surface area contributed by atoms with Gasteiger partial charge < -0.3 is 19.3 Å². The molecule has 3 fully saturated rings. The number of methoxy groups -OCH3 is 1. The summed E-state index contributed by atoms with van der Waals surface area (Å²) in [6, 6.07) is 13.3. The number of benzene rings is 2. The number of aromatic nitrogens is 1. The van der Waals surface area contributed by atoms with Crippen molar-refractivity contribution in [2.24, 2.45) is 0 Å². The van der Waals surface area contributed by atoms with E-state index < -0.39 is 5.60 Å². The Bertz CT molecular complexity index is 1500. The highest BCUT2D eigenvalue weighted by molar-refractivity contribution is 6.11. The molecule has 10 nitrogen and oxygen atoms in total. The Hall–Kier alpha value is -4.34. The minimum atomic E-state index is -0.531. The standard InChI is InChI=1S/C31H35N5O5/c1-31(2,3)41-30(39)35-19-21-14-22(35)18-34(21)26-7-5-6-24-25(26)15-32-16-27(24)33-13-12-28(37)36(29(33)38)17-20-8-10-23(40-4)11-9-20/h5-11,15-16,21-22H,12-14,17-19H2,1-4H3/t21-,22-/m1/s1. The summed E-state index contributed by atoms with van der Waals surface area (Å²) < 4.78 is 10.9. The van der Waals surface area contributed by atoms with Gasteiger partial charge in [0.25, 0.3) is 0 Å². The van der Waals surface area contributed by atoms with Gasteiger partial charge in [0, 0.05) is 54.8 Å². The second-order valence-corrected chi connectivity index (χ2v) is 11.9.